The highest BCUT2D eigenvalue weighted by atomic mass is 32.1. The van der Waals surface area contributed by atoms with Crippen LogP contribution in [-0.2, 0) is 19.5 Å². The molecule has 0 amide bonds. The van der Waals surface area contributed by atoms with Gasteiger partial charge in [-0.3, -0.25) is 10.00 Å². The zero-order valence-electron chi connectivity index (χ0n) is 12.0. The van der Waals surface area contributed by atoms with E-state index in [1.54, 1.807) is 7.05 Å². The molecule has 2 aromatic rings. The van der Waals surface area contributed by atoms with E-state index in [1.807, 2.05) is 0 Å². The van der Waals surface area contributed by atoms with Crippen molar-refractivity contribution >= 4 is 23.1 Å². The number of thiocarbonyl (C=S) groups is 1. The largest absolute Gasteiger partial charge is 0.365 e. The normalized spacial score (nSPS) is 14.5. The monoisotopic (exact) mass is 301 g/mol. The van der Waals surface area contributed by atoms with Crippen LogP contribution in [0.5, 0.6) is 0 Å². The smallest absolute Gasteiger partial charge is 0.171 e. The standard InChI is InChI=1S/C15H19N5S/c1-16-15(21)17-14-12-7-8-20(10-13(12)18-19-14)9-11-5-3-2-4-6-11/h2-6H,7-10H2,1H3,(H3,16,17,18,19,21). The molecule has 0 atom stereocenters. The molecule has 0 aliphatic carbocycles. The van der Waals surface area contributed by atoms with Crippen LogP contribution in [0.25, 0.3) is 0 Å². The number of rotatable bonds is 3. The van der Waals surface area contributed by atoms with E-state index < -0.39 is 0 Å². The summed E-state index contributed by atoms with van der Waals surface area (Å²) in [6, 6.07) is 10.6. The Kier molecular flexibility index (Phi) is 4.17. The van der Waals surface area contributed by atoms with E-state index in [2.05, 4.69) is 56.1 Å². The minimum Gasteiger partial charge on any atom is -0.365 e. The number of nitrogens with zero attached hydrogens (tertiary/aromatic N) is 2. The van der Waals surface area contributed by atoms with Gasteiger partial charge in [0.1, 0.15) is 0 Å². The van der Waals surface area contributed by atoms with Crippen LogP contribution in [0.3, 0.4) is 0 Å². The molecule has 3 rings (SSSR count). The Labute approximate surface area is 129 Å². The Bertz CT molecular complexity index is 622. The quantitative estimate of drug-likeness (QED) is 0.756. The van der Waals surface area contributed by atoms with Gasteiger partial charge in [0.15, 0.2) is 10.9 Å². The number of benzene rings is 1. The van der Waals surface area contributed by atoms with E-state index in [4.69, 9.17) is 12.2 Å². The van der Waals surface area contributed by atoms with Gasteiger partial charge in [0.25, 0.3) is 0 Å². The van der Waals surface area contributed by atoms with Crippen molar-refractivity contribution in [2.75, 3.05) is 18.9 Å². The van der Waals surface area contributed by atoms with E-state index >= 15 is 0 Å². The van der Waals surface area contributed by atoms with E-state index in [0.29, 0.717) is 5.11 Å². The summed E-state index contributed by atoms with van der Waals surface area (Å²) < 4.78 is 0. The second kappa shape index (κ2) is 6.24. The maximum atomic E-state index is 5.13. The molecule has 0 bridgehead atoms. The van der Waals surface area contributed by atoms with Crippen LogP contribution >= 0.6 is 12.2 Å². The van der Waals surface area contributed by atoms with Crippen molar-refractivity contribution < 1.29 is 0 Å². The second-order valence-corrected chi connectivity index (χ2v) is 5.59. The first-order chi connectivity index (χ1) is 10.3. The third-order valence-electron chi connectivity index (χ3n) is 3.72. The van der Waals surface area contributed by atoms with Gasteiger partial charge in [-0.05, 0) is 24.2 Å². The highest BCUT2D eigenvalue weighted by Crippen LogP contribution is 2.24. The van der Waals surface area contributed by atoms with Gasteiger partial charge < -0.3 is 10.6 Å². The Balaban J connectivity index is 1.68. The molecule has 5 nitrogen and oxygen atoms in total. The van der Waals surface area contributed by atoms with Gasteiger partial charge in [0.05, 0.1) is 5.69 Å². The maximum Gasteiger partial charge on any atom is 0.171 e. The van der Waals surface area contributed by atoms with Gasteiger partial charge in [-0.2, -0.15) is 5.10 Å². The fourth-order valence-corrected chi connectivity index (χ4v) is 2.72. The number of nitrogens with one attached hydrogen (secondary N) is 3. The number of hydrogen-bond acceptors (Lipinski definition) is 3. The van der Waals surface area contributed by atoms with Crippen LogP contribution in [-0.4, -0.2) is 33.8 Å². The van der Waals surface area contributed by atoms with Crippen LogP contribution in [0.2, 0.25) is 0 Å². The second-order valence-electron chi connectivity index (χ2n) is 5.18. The third kappa shape index (κ3) is 3.22. The molecule has 2 heterocycles. The van der Waals surface area contributed by atoms with Crippen molar-refractivity contribution in [2.24, 2.45) is 0 Å². The van der Waals surface area contributed by atoms with Crippen molar-refractivity contribution in [3.05, 3.63) is 47.2 Å². The van der Waals surface area contributed by atoms with Gasteiger partial charge in [-0.25, -0.2) is 0 Å². The molecule has 0 saturated heterocycles. The minimum atomic E-state index is 0.594. The highest BCUT2D eigenvalue weighted by molar-refractivity contribution is 7.80. The molecule has 6 heteroatoms. The van der Waals surface area contributed by atoms with E-state index in [9.17, 15) is 0 Å². The molecular weight excluding hydrogens is 282 g/mol. The molecule has 21 heavy (non-hydrogen) atoms. The average molecular weight is 301 g/mol. The molecule has 1 aliphatic rings. The topological polar surface area (TPSA) is 56.0 Å². The number of fused-ring (bicyclic) bond motifs is 1. The molecule has 0 saturated carbocycles. The molecule has 1 aliphatic heterocycles. The molecular formula is C15H19N5S. The predicted octanol–water partition coefficient (Wildman–Crippen LogP) is 1.88. The van der Waals surface area contributed by atoms with Crippen LogP contribution < -0.4 is 10.6 Å². The number of anilines is 1. The Morgan fingerprint density at radius 3 is 2.95 bits per heavy atom. The summed E-state index contributed by atoms with van der Waals surface area (Å²) in [7, 11) is 1.80. The third-order valence-corrected chi connectivity index (χ3v) is 4.03. The van der Waals surface area contributed by atoms with Crippen LogP contribution in [0.15, 0.2) is 30.3 Å². The summed E-state index contributed by atoms with van der Waals surface area (Å²) in [5.74, 6) is 0.851. The van der Waals surface area contributed by atoms with Crippen LogP contribution in [0.1, 0.15) is 16.8 Å². The predicted molar refractivity (Wildman–Crippen MR) is 88.1 cm³/mol. The number of hydrogen-bond donors (Lipinski definition) is 3. The number of H-pyrrole nitrogens is 1. The maximum absolute atomic E-state index is 5.13. The SMILES string of the molecule is CNC(=S)Nc1n[nH]c2c1CCN(Cc1ccccc1)C2. The lowest BCUT2D eigenvalue weighted by molar-refractivity contribution is 0.242. The number of aromatic amines is 1. The zero-order valence-corrected chi connectivity index (χ0v) is 12.8. The van der Waals surface area contributed by atoms with E-state index in [-0.39, 0.29) is 0 Å². The summed E-state index contributed by atoms with van der Waals surface area (Å²) in [5, 5.41) is 14.1. The van der Waals surface area contributed by atoms with E-state index in [1.165, 1.54) is 16.8 Å². The van der Waals surface area contributed by atoms with Crippen LogP contribution in [0, 0.1) is 0 Å². The first-order valence-electron chi connectivity index (χ1n) is 7.07. The molecule has 0 spiro atoms. The fourth-order valence-electron chi connectivity index (χ4n) is 2.62. The fraction of sp³-hybridized carbons (Fsp3) is 0.333. The summed E-state index contributed by atoms with van der Waals surface area (Å²) in [4.78, 5) is 2.43. The van der Waals surface area contributed by atoms with Crippen molar-refractivity contribution in [3.63, 3.8) is 0 Å². The van der Waals surface area contributed by atoms with Gasteiger partial charge in [0.2, 0.25) is 0 Å². The first-order valence-corrected chi connectivity index (χ1v) is 7.48. The molecule has 1 aromatic carbocycles. The van der Waals surface area contributed by atoms with E-state index in [0.717, 1.165) is 31.9 Å². The van der Waals surface area contributed by atoms with Crippen molar-refractivity contribution in [1.82, 2.24) is 20.4 Å². The molecule has 1 aromatic heterocycles. The van der Waals surface area contributed by atoms with Gasteiger partial charge in [-0.1, -0.05) is 30.3 Å². The van der Waals surface area contributed by atoms with Crippen LogP contribution in [0.4, 0.5) is 5.82 Å². The minimum absolute atomic E-state index is 0.594. The zero-order chi connectivity index (χ0) is 14.7. The Morgan fingerprint density at radius 1 is 1.38 bits per heavy atom. The molecule has 0 fully saturated rings. The Morgan fingerprint density at radius 2 is 2.19 bits per heavy atom. The molecule has 110 valence electrons. The van der Waals surface area contributed by atoms with Crippen molar-refractivity contribution in [3.8, 4) is 0 Å². The highest BCUT2D eigenvalue weighted by Gasteiger charge is 2.22. The Hall–Kier alpha value is -1.92. The van der Waals surface area contributed by atoms with Gasteiger partial charge in [0, 0.05) is 32.2 Å². The van der Waals surface area contributed by atoms with Crippen molar-refractivity contribution in [1.29, 1.82) is 0 Å². The lowest BCUT2D eigenvalue weighted by Crippen LogP contribution is -2.30. The summed E-state index contributed by atoms with van der Waals surface area (Å²) in [5.41, 5.74) is 3.77. The lowest BCUT2D eigenvalue weighted by atomic mass is 10.1. The van der Waals surface area contributed by atoms with Gasteiger partial charge >= 0.3 is 0 Å². The first kappa shape index (κ1) is 14.0. The average Bonchev–Trinajstić information content (AvgIpc) is 2.90. The van der Waals surface area contributed by atoms with Gasteiger partial charge in [-0.15, -0.1) is 0 Å². The summed E-state index contributed by atoms with van der Waals surface area (Å²) in [6.07, 6.45) is 0.979. The lowest BCUT2D eigenvalue weighted by Gasteiger charge is -2.26. The summed E-state index contributed by atoms with van der Waals surface area (Å²) in [6.45, 7) is 2.89. The number of aromatic nitrogens is 2. The van der Waals surface area contributed by atoms with Crippen molar-refractivity contribution in [2.45, 2.75) is 19.5 Å². The summed E-state index contributed by atoms with van der Waals surface area (Å²) >= 11 is 5.13. The molecule has 0 radical (unpaired) electrons. The molecule has 0 unspecified atom stereocenters. The molecule has 3 N–H and O–H groups in total.